The first-order valence-corrected chi connectivity index (χ1v) is 9.22. The Morgan fingerprint density at radius 3 is 2.78 bits per heavy atom. The van der Waals surface area contributed by atoms with Gasteiger partial charge in [0.2, 0.25) is 5.95 Å². The summed E-state index contributed by atoms with van der Waals surface area (Å²) in [4.78, 5) is 39.4. The van der Waals surface area contributed by atoms with Gasteiger partial charge in [-0.1, -0.05) is 31.9 Å². The van der Waals surface area contributed by atoms with Crippen molar-refractivity contribution < 1.29 is 9.59 Å². The Hall–Kier alpha value is -3.16. The van der Waals surface area contributed by atoms with E-state index in [9.17, 15) is 9.59 Å². The number of aromatic amines is 2. The second-order valence-electron chi connectivity index (χ2n) is 7.02. The van der Waals surface area contributed by atoms with E-state index >= 15 is 0 Å². The van der Waals surface area contributed by atoms with E-state index in [2.05, 4.69) is 37.5 Å². The van der Waals surface area contributed by atoms with Crippen molar-refractivity contribution in [2.45, 2.75) is 38.6 Å². The monoisotopic (exact) mass is 366 g/mol. The lowest BCUT2D eigenvalue weighted by atomic mass is 9.86. The molecule has 0 saturated heterocycles. The molecule has 2 atom stereocenters. The predicted octanol–water partition coefficient (Wildman–Crippen LogP) is 2.85. The van der Waals surface area contributed by atoms with Crippen molar-refractivity contribution in [3.63, 3.8) is 0 Å². The summed E-state index contributed by atoms with van der Waals surface area (Å²) in [6.45, 7) is 2.15. The normalized spacial score (nSPS) is 19.7. The molecule has 140 valence electrons. The summed E-state index contributed by atoms with van der Waals surface area (Å²) in [6.07, 6.45) is 5.72. The van der Waals surface area contributed by atoms with Gasteiger partial charge in [-0.25, -0.2) is 9.97 Å². The van der Waals surface area contributed by atoms with Crippen LogP contribution in [-0.4, -0.2) is 37.8 Å². The van der Waals surface area contributed by atoms with Crippen LogP contribution < -0.4 is 10.6 Å². The zero-order valence-corrected chi connectivity index (χ0v) is 15.1. The van der Waals surface area contributed by atoms with Crippen LogP contribution in [-0.2, 0) is 0 Å². The highest BCUT2D eigenvalue weighted by atomic mass is 16.2. The minimum atomic E-state index is -0.489. The average Bonchev–Trinajstić information content (AvgIpc) is 3.29. The molecule has 0 radical (unpaired) electrons. The number of amides is 2. The number of benzene rings is 1. The number of aromatic nitrogens is 4. The van der Waals surface area contributed by atoms with Crippen LogP contribution in [0.1, 0.15) is 53.6 Å². The Morgan fingerprint density at radius 1 is 1.15 bits per heavy atom. The number of hydrogen-bond donors (Lipinski definition) is 4. The third-order valence-corrected chi connectivity index (χ3v) is 5.13. The highest BCUT2D eigenvalue weighted by molar-refractivity contribution is 6.09. The fourth-order valence-corrected chi connectivity index (χ4v) is 3.59. The molecule has 2 heterocycles. The third kappa shape index (κ3) is 3.55. The Morgan fingerprint density at radius 2 is 1.96 bits per heavy atom. The van der Waals surface area contributed by atoms with Gasteiger partial charge >= 0.3 is 0 Å². The van der Waals surface area contributed by atoms with Crippen molar-refractivity contribution in [1.29, 1.82) is 0 Å². The summed E-state index contributed by atoms with van der Waals surface area (Å²) < 4.78 is 0. The van der Waals surface area contributed by atoms with Gasteiger partial charge in [-0.2, -0.15) is 0 Å². The molecule has 1 aromatic carbocycles. The number of nitrogens with one attached hydrogen (secondary N) is 4. The van der Waals surface area contributed by atoms with E-state index in [-0.39, 0.29) is 23.3 Å². The molecule has 2 aromatic heterocycles. The van der Waals surface area contributed by atoms with E-state index in [4.69, 9.17) is 0 Å². The Balaban J connectivity index is 1.48. The molecule has 2 amide bonds. The van der Waals surface area contributed by atoms with Gasteiger partial charge in [0, 0.05) is 6.04 Å². The molecule has 4 rings (SSSR count). The number of carbonyl (C=O) groups is 2. The van der Waals surface area contributed by atoms with Crippen molar-refractivity contribution >= 4 is 28.8 Å². The van der Waals surface area contributed by atoms with E-state index in [1.807, 2.05) is 24.3 Å². The Bertz CT molecular complexity index is 942. The maximum absolute atomic E-state index is 12.7. The van der Waals surface area contributed by atoms with Crippen LogP contribution in [0.25, 0.3) is 11.0 Å². The third-order valence-electron chi connectivity index (χ3n) is 5.13. The molecule has 2 unspecified atom stereocenters. The van der Waals surface area contributed by atoms with Gasteiger partial charge in [0.1, 0.15) is 5.69 Å². The zero-order chi connectivity index (χ0) is 18.8. The van der Waals surface area contributed by atoms with E-state index in [1.54, 1.807) is 0 Å². The van der Waals surface area contributed by atoms with Gasteiger partial charge in [0.25, 0.3) is 11.8 Å². The zero-order valence-electron chi connectivity index (χ0n) is 15.1. The minimum absolute atomic E-state index is 0.0522. The van der Waals surface area contributed by atoms with Crippen LogP contribution in [0.15, 0.2) is 30.6 Å². The molecule has 27 heavy (non-hydrogen) atoms. The SMILES string of the molecule is CC1CCCCC1NC(=O)c1[nH]cnc1C(=O)Nc1nc2ccccc2[nH]1. The first-order valence-electron chi connectivity index (χ1n) is 9.22. The molecule has 1 aliphatic carbocycles. The molecular weight excluding hydrogens is 344 g/mol. The smallest absolute Gasteiger partial charge is 0.279 e. The van der Waals surface area contributed by atoms with Crippen molar-refractivity contribution in [2.75, 3.05) is 5.32 Å². The summed E-state index contributed by atoms with van der Waals surface area (Å²) >= 11 is 0. The quantitative estimate of drug-likeness (QED) is 0.568. The lowest BCUT2D eigenvalue weighted by molar-refractivity contribution is 0.0896. The molecule has 0 aliphatic heterocycles. The van der Waals surface area contributed by atoms with Gasteiger partial charge in [0.15, 0.2) is 5.69 Å². The Kier molecular flexibility index (Phi) is 4.62. The van der Waals surface area contributed by atoms with Crippen LogP contribution in [0, 0.1) is 5.92 Å². The molecule has 0 bridgehead atoms. The number of nitrogens with zero attached hydrogens (tertiary/aromatic N) is 2. The van der Waals surface area contributed by atoms with Crippen molar-refractivity contribution in [3.8, 4) is 0 Å². The van der Waals surface area contributed by atoms with Crippen LogP contribution in [0.2, 0.25) is 0 Å². The first-order chi connectivity index (χ1) is 13.1. The molecule has 8 heteroatoms. The van der Waals surface area contributed by atoms with E-state index < -0.39 is 5.91 Å². The Labute approximate surface area is 156 Å². The lowest BCUT2D eigenvalue weighted by Crippen LogP contribution is -2.41. The second-order valence-corrected chi connectivity index (χ2v) is 7.02. The summed E-state index contributed by atoms with van der Waals surface area (Å²) in [5.41, 5.74) is 1.79. The number of imidazole rings is 2. The number of para-hydroxylation sites is 2. The molecular formula is C19H22N6O2. The summed E-state index contributed by atoms with van der Waals surface area (Å²) in [7, 11) is 0. The van der Waals surface area contributed by atoms with Crippen molar-refractivity contribution in [2.24, 2.45) is 5.92 Å². The summed E-state index contributed by atoms with van der Waals surface area (Å²) in [5, 5.41) is 5.71. The molecule has 1 aliphatic rings. The molecule has 4 N–H and O–H groups in total. The summed E-state index contributed by atoms with van der Waals surface area (Å²) in [6, 6.07) is 7.60. The largest absolute Gasteiger partial charge is 0.348 e. The van der Waals surface area contributed by atoms with E-state index in [0.717, 1.165) is 30.3 Å². The number of rotatable bonds is 4. The first kappa shape index (κ1) is 17.3. The minimum Gasteiger partial charge on any atom is -0.348 e. The number of hydrogen-bond acceptors (Lipinski definition) is 4. The second kappa shape index (κ2) is 7.22. The van der Waals surface area contributed by atoms with Gasteiger partial charge < -0.3 is 15.3 Å². The number of H-pyrrole nitrogens is 2. The highest BCUT2D eigenvalue weighted by Crippen LogP contribution is 2.24. The average molecular weight is 366 g/mol. The van der Waals surface area contributed by atoms with E-state index in [0.29, 0.717) is 11.9 Å². The van der Waals surface area contributed by atoms with E-state index in [1.165, 1.54) is 12.7 Å². The maximum Gasteiger partial charge on any atom is 0.279 e. The number of carbonyl (C=O) groups excluding carboxylic acids is 2. The topological polar surface area (TPSA) is 116 Å². The van der Waals surface area contributed by atoms with Crippen molar-refractivity contribution in [1.82, 2.24) is 25.3 Å². The highest BCUT2D eigenvalue weighted by Gasteiger charge is 2.27. The predicted molar refractivity (Wildman–Crippen MR) is 102 cm³/mol. The number of fused-ring (bicyclic) bond motifs is 1. The molecule has 0 spiro atoms. The van der Waals surface area contributed by atoms with Gasteiger partial charge in [-0.15, -0.1) is 0 Å². The van der Waals surface area contributed by atoms with Crippen LogP contribution in [0.3, 0.4) is 0 Å². The van der Waals surface area contributed by atoms with Crippen molar-refractivity contribution in [3.05, 3.63) is 42.0 Å². The van der Waals surface area contributed by atoms with Gasteiger partial charge in [-0.3, -0.25) is 14.9 Å². The molecule has 1 saturated carbocycles. The van der Waals surface area contributed by atoms with Gasteiger partial charge in [-0.05, 0) is 30.9 Å². The maximum atomic E-state index is 12.7. The van der Waals surface area contributed by atoms with Crippen LogP contribution in [0.4, 0.5) is 5.95 Å². The lowest BCUT2D eigenvalue weighted by Gasteiger charge is -2.29. The number of anilines is 1. The fourth-order valence-electron chi connectivity index (χ4n) is 3.59. The molecule has 3 aromatic rings. The molecule has 8 nitrogen and oxygen atoms in total. The summed E-state index contributed by atoms with van der Waals surface area (Å²) in [5.74, 6) is -0.0481. The van der Waals surface area contributed by atoms with Crippen LogP contribution in [0.5, 0.6) is 0 Å². The van der Waals surface area contributed by atoms with Crippen LogP contribution >= 0.6 is 0 Å². The molecule has 1 fully saturated rings. The fraction of sp³-hybridized carbons (Fsp3) is 0.368. The standard InChI is InChI=1S/C19H22N6O2/c1-11-6-2-3-7-12(11)22-17(26)15-16(21-10-20-15)18(27)25-19-23-13-8-4-5-9-14(13)24-19/h4-5,8-12H,2-3,6-7H2,1H3,(H,20,21)(H,22,26)(H2,23,24,25,27). The van der Waals surface area contributed by atoms with Gasteiger partial charge in [0.05, 0.1) is 17.4 Å².